The van der Waals surface area contributed by atoms with Gasteiger partial charge in [0.25, 0.3) is 5.91 Å². The molecule has 0 unspecified atom stereocenters. The molecule has 0 spiro atoms. The molecule has 25 heavy (non-hydrogen) atoms. The summed E-state index contributed by atoms with van der Waals surface area (Å²) in [6, 6.07) is 6.01. The van der Waals surface area contributed by atoms with Crippen molar-refractivity contribution in [1.29, 1.82) is 0 Å². The van der Waals surface area contributed by atoms with Crippen LogP contribution in [0.2, 0.25) is 0 Å². The van der Waals surface area contributed by atoms with Crippen molar-refractivity contribution in [2.45, 2.75) is 33.1 Å². The van der Waals surface area contributed by atoms with Crippen LogP contribution in [-0.2, 0) is 6.42 Å². The van der Waals surface area contributed by atoms with Crippen molar-refractivity contribution >= 4 is 22.4 Å². The van der Waals surface area contributed by atoms with Gasteiger partial charge in [-0.25, -0.2) is 9.07 Å². The van der Waals surface area contributed by atoms with Crippen LogP contribution in [0.15, 0.2) is 30.5 Å². The smallest absolute Gasteiger partial charge is 0.260 e. The van der Waals surface area contributed by atoms with Gasteiger partial charge in [-0.3, -0.25) is 10.1 Å². The summed E-state index contributed by atoms with van der Waals surface area (Å²) in [5.74, 6) is -0.548. The van der Waals surface area contributed by atoms with E-state index in [1.807, 2.05) is 20.8 Å². The lowest BCUT2D eigenvalue weighted by Gasteiger charge is -2.12. The standard InChI is InChI=1S/C17H18FN5OS/c1-4-14-21-22-17(25-14)20-16(24)13-9-19-23(15(13)10(2)3)12-7-5-11(18)6-8-12/h5-10H,4H2,1-3H3,(H,20,22,24). The third-order valence-electron chi connectivity index (χ3n) is 3.66. The maximum atomic E-state index is 13.2. The van der Waals surface area contributed by atoms with E-state index in [-0.39, 0.29) is 17.6 Å². The number of halogens is 1. The summed E-state index contributed by atoms with van der Waals surface area (Å²) >= 11 is 1.35. The van der Waals surface area contributed by atoms with E-state index in [1.54, 1.807) is 16.8 Å². The molecule has 0 atom stereocenters. The third kappa shape index (κ3) is 3.58. The molecule has 0 aliphatic heterocycles. The second-order valence-corrected chi connectivity index (χ2v) is 6.86. The highest BCUT2D eigenvalue weighted by Gasteiger charge is 2.22. The van der Waals surface area contributed by atoms with Crippen LogP contribution in [0.5, 0.6) is 0 Å². The van der Waals surface area contributed by atoms with Gasteiger partial charge >= 0.3 is 0 Å². The fourth-order valence-corrected chi connectivity index (χ4v) is 3.16. The minimum Gasteiger partial charge on any atom is -0.296 e. The third-order valence-corrected chi connectivity index (χ3v) is 4.64. The predicted octanol–water partition coefficient (Wildman–Crippen LogP) is 3.80. The minimum absolute atomic E-state index is 0.0499. The molecule has 0 aliphatic rings. The Hall–Kier alpha value is -2.61. The van der Waals surface area contributed by atoms with Gasteiger partial charge in [-0.2, -0.15) is 5.10 Å². The number of aryl methyl sites for hydroxylation is 1. The molecule has 1 amide bonds. The van der Waals surface area contributed by atoms with Crippen molar-refractivity contribution in [1.82, 2.24) is 20.0 Å². The Bertz CT molecular complexity index is 885. The Morgan fingerprint density at radius 1 is 1.28 bits per heavy atom. The van der Waals surface area contributed by atoms with Crippen molar-refractivity contribution in [3.05, 3.63) is 52.5 Å². The predicted molar refractivity (Wildman–Crippen MR) is 94.9 cm³/mol. The van der Waals surface area contributed by atoms with E-state index in [9.17, 15) is 9.18 Å². The Balaban J connectivity index is 1.93. The number of aromatic nitrogens is 4. The average Bonchev–Trinajstić information content (AvgIpc) is 3.22. The second-order valence-electron chi connectivity index (χ2n) is 5.80. The highest BCUT2D eigenvalue weighted by molar-refractivity contribution is 7.15. The molecule has 1 aromatic carbocycles. The molecule has 0 aliphatic carbocycles. The number of benzene rings is 1. The Kier molecular flexibility index (Phi) is 4.89. The molecule has 8 heteroatoms. The summed E-state index contributed by atoms with van der Waals surface area (Å²) in [4.78, 5) is 12.7. The Labute approximate surface area is 148 Å². The molecule has 0 saturated carbocycles. The average molecular weight is 359 g/mol. The fourth-order valence-electron chi connectivity index (χ4n) is 2.49. The molecule has 0 bridgehead atoms. The first kappa shape index (κ1) is 17.2. The quantitative estimate of drug-likeness (QED) is 0.752. The summed E-state index contributed by atoms with van der Waals surface area (Å²) in [7, 11) is 0. The molecule has 1 N–H and O–H groups in total. The van der Waals surface area contributed by atoms with E-state index in [0.29, 0.717) is 16.4 Å². The van der Waals surface area contributed by atoms with Crippen molar-refractivity contribution in [2.24, 2.45) is 0 Å². The minimum atomic E-state index is -0.317. The van der Waals surface area contributed by atoms with Gasteiger partial charge in [0, 0.05) is 0 Å². The Morgan fingerprint density at radius 3 is 2.60 bits per heavy atom. The summed E-state index contributed by atoms with van der Waals surface area (Å²) < 4.78 is 14.8. The molecule has 2 aromatic heterocycles. The van der Waals surface area contributed by atoms with Crippen molar-refractivity contribution < 1.29 is 9.18 Å². The first-order chi connectivity index (χ1) is 12.0. The van der Waals surface area contributed by atoms with Crippen molar-refractivity contribution in [3.63, 3.8) is 0 Å². The number of hydrogen-bond acceptors (Lipinski definition) is 5. The van der Waals surface area contributed by atoms with Crippen LogP contribution >= 0.6 is 11.3 Å². The lowest BCUT2D eigenvalue weighted by atomic mass is 10.1. The largest absolute Gasteiger partial charge is 0.296 e. The van der Waals surface area contributed by atoms with E-state index in [0.717, 1.165) is 17.1 Å². The monoisotopic (exact) mass is 359 g/mol. The van der Waals surface area contributed by atoms with Gasteiger partial charge in [-0.05, 0) is 36.6 Å². The number of rotatable bonds is 5. The van der Waals surface area contributed by atoms with Gasteiger partial charge in [0.1, 0.15) is 10.8 Å². The normalized spacial score (nSPS) is 11.1. The first-order valence-electron chi connectivity index (χ1n) is 7.97. The van der Waals surface area contributed by atoms with Gasteiger partial charge in [0.05, 0.1) is 23.1 Å². The SMILES string of the molecule is CCc1nnc(NC(=O)c2cnn(-c3ccc(F)cc3)c2C(C)C)s1. The topological polar surface area (TPSA) is 72.7 Å². The number of nitrogens with one attached hydrogen (secondary N) is 1. The zero-order chi connectivity index (χ0) is 18.0. The first-order valence-corrected chi connectivity index (χ1v) is 8.78. The fraction of sp³-hybridized carbons (Fsp3) is 0.294. The van der Waals surface area contributed by atoms with Crippen LogP contribution < -0.4 is 5.32 Å². The molecular weight excluding hydrogens is 341 g/mol. The number of carbonyl (C=O) groups excluding carboxylic acids is 1. The highest BCUT2D eigenvalue weighted by atomic mass is 32.1. The molecule has 0 radical (unpaired) electrons. The van der Waals surface area contributed by atoms with Gasteiger partial charge in [0.15, 0.2) is 0 Å². The van der Waals surface area contributed by atoms with Crippen LogP contribution in [0.25, 0.3) is 5.69 Å². The van der Waals surface area contributed by atoms with Gasteiger partial charge in [-0.15, -0.1) is 10.2 Å². The molecule has 0 fully saturated rings. The van der Waals surface area contributed by atoms with Gasteiger partial charge in [0.2, 0.25) is 5.13 Å². The van der Waals surface area contributed by atoms with Crippen LogP contribution in [0.4, 0.5) is 9.52 Å². The van der Waals surface area contributed by atoms with Crippen LogP contribution in [0.3, 0.4) is 0 Å². The molecule has 2 heterocycles. The summed E-state index contributed by atoms with van der Waals surface area (Å²) in [6.07, 6.45) is 2.29. The summed E-state index contributed by atoms with van der Waals surface area (Å²) in [5.41, 5.74) is 1.92. The lowest BCUT2D eigenvalue weighted by molar-refractivity contribution is 0.102. The van der Waals surface area contributed by atoms with E-state index in [4.69, 9.17) is 0 Å². The zero-order valence-corrected chi connectivity index (χ0v) is 15.0. The number of carbonyl (C=O) groups is 1. The van der Waals surface area contributed by atoms with Crippen LogP contribution in [-0.4, -0.2) is 25.9 Å². The summed E-state index contributed by atoms with van der Waals surface area (Å²) in [5, 5.41) is 16.4. The lowest BCUT2D eigenvalue weighted by Crippen LogP contribution is -2.15. The molecule has 130 valence electrons. The summed E-state index contributed by atoms with van der Waals surface area (Å²) in [6.45, 7) is 5.94. The molecule has 3 rings (SSSR count). The second kappa shape index (κ2) is 7.10. The van der Waals surface area contributed by atoms with Crippen LogP contribution in [0.1, 0.15) is 47.7 Å². The van der Waals surface area contributed by atoms with Crippen molar-refractivity contribution in [3.8, 4) is 5.69 Å². The number of anilines is 1. The van der Waals surface area contributed by atoms with E-state index < -0.39 is 0 Å². The molecule has 0 saturated heterocycles. The number of hydrogen-bond donors (Lipinski definition) is 1. The number of amides is 1. The molecular formula is C17H18FN5OS. The van der Waals surface area contributed by atoms with Gasteiger partial charge < -0.3 is 0 Å². The zero-order valence-electron chi connectivity index (χ0n) is 14.2. The highest BCUT2D eigenvalue weighted by Crippen LogP contribution is 2.25. The van der Waals surface area contributed by atoms with E-state index >= 15 is 0 Å². The van der Waals surface area contributed by atoms with Crippen LogP contribution in [0, 0.1) is 5.82 Å². The Morgan fingerprint density at radius 2 is 2.00 bits per heavy atom. The molecule has 3 aromatic rings. The maximum Gasteiger partial charge on any atom is 0.260 e. The van der Waals surface area contributed by atoms with E-state index in [1.165, 1.54) is 29.7 Å². The maximum absolute atomic E-state index is 13.2. The van der Waals surface area contributed by atoms with Gasteiger partial charge in [-0.1, -0.05) is 32.1 Å². The van der Waals surface area contributed by atoms with E-state index in [2.05, 4.69) is 20.6 Å². The van der Waals surface area contributed by atoms with Crippen molar-refractivity contribution in [2.75, 3.05) is 5.32 Å². The molecule has 6 nitrogen and oxygen atoms in total. The number of nitrogens with zero attached hydrogens (tertiary/aromatic N) is 4.